The van der Waals surface area contributed by atoms with Gasteiger partial charge in [-0.3, -0.25) is 4.79 Å². The molecule has 0 aliphatic rings. The van der Waals surface area contributed by atoms with Crippen molar-refractivity contribution < 1.29 is 4.79 Å². The summed E-state index contributed by atoms with van der Waals surface area (Å²) in [5.74, 6) is 0.0517. The quantitative estimate of drug-likeness (QED) is 0.615. The Morgan fingerprint density at radius 1 is 1.11 bits per heavy atom. The number of hydrogen-bond acceptors (Lipinski definition) is 3. The Kier molecular flexibility index (Phi) is 3.95. The highest BCUT2D eigenvalue weighted by Gasteiger charge is 2.07. The second kappa shape index (κ2) is 5.65. The van der Waals surface area contributed by atoms with E-state index in [1.807, 2.05) is 49.3 Å². The van der Waals surface area contributed by atoms with Crippen LogP contribution in [0.15, 0.2) is 54.7 Å². The van der Waals surface area contributed by atoms with Gasteiger partial charge in [0.05, 0.1) is 4.88 Å². The summed E-state index contributed by atoms with van der Waals surface area (Å²) in [5, 5.41) is 0. The SMILES string of the molecule is CN(C)/C=C/C(=O)c1ccc(-c2ccccc2)s1. The van der Waals surface area contributed by atoms with Gasteiger partial charge in [0, 0.05) is 31.2 Å². The topological polar surface area (TPSA) is 20.3 Å². The van der Waals surface area contributed by atoms with E-state index >= 15 is 0 Å². The van der Waals surface area contributed by atoms with Crippen molar-refractivity contribution in [3.05, 3.63) is 59.6 Å². The van der Waals surface area contributed by atoms with E-state index in [1.165, 1.54) is 11.3 Å². The molecule has 18 heavy (non-hydrogen) atoms. The van der Waals surface area contributed by atoms with E-state index in [2.05, 4.69) is 12.1 Å². The fourth-order valence-electron chi connectivity index (χ4n) is 1.53. The Bertz CT molecular complexity index is 555. The van der Waals surface area contributed by atoms with E-state index < -0.39 is 0 Å². The first kappa shape index (κ1) is 12.6. The molecule has 0 saturated carbocycles. The van der Waals surface area contributed by atoms with Crippen LogP contribution in [0.1, 0.15) is 9.67 Å². The molecule has 1 aromatic carbocycles. The highest BCUT2D eigenvalue weighted by atomic mass is 32.1. The average molecular weight is 257 g/mol. The van der Waals surface area contributed by atoms with Crippen LogP contribution in [0.4, 0.5) is 0 Å². The maximum Gasteiger partial charge on any atom is 0.197 e. The number of ketones is 1. The summed E-state index contributed by atoms with van der Waals surface area (Å²) in [5.41, 5.74) is 1.15. The number of thiophene rings is 1. The Morgan fingerprint density at radius 3 is 2.50 bits per heavy atom. The molecule has 1 aromatic heterocycles. The molecular weight excluding hydrogens is 242 g/mol. The lowest BCUT2D eigenvalue weighted by molar-refractivity contribution is 0.104. The molecule has 0 saturated heterocycles. The van der Waals surface area contributed by atoms with Gasteiger partial charge >= 0.3 is 0 Å². The van der Waals surface area contributed by atoms with Gasteiger partial charge in [0.25, 0.3) is 0 Å². The lowest BCUT2D eigenvalue weighted by Gasteiger charge is -2.01. The standard InChI is InChI=1S/C15H15NOS/c1-16(2)11-10-13(17)15-9-8-14(18-15)12-6-4-3-5-7-12/h3-11H,1-2H3/b11-10+. The zero-order chi connectivity index (χ0) is 13.0. The van der Waals surface area contributed by atoms with Crippen molar-refractivity contribution in [1.29, 1.82) is 0 Å². The van der Waals surface area contributed by atoms with Gasteiger partial charge in [-0.1, -0.05) is 30.3 Å². The first-order chi connectivity index (χ1) is 8.66. The van der Waals surface area contributed by atoms with E-state index in [-0.39, 0.29) is 5.78 Å². The highest BCUT2D eigenvalue weighted by Crippen LogP contribution is 2.28. The number of allylic oxidation sites excluding steroid dienone is 1. The number of carbonyl (C=O) groups is 1. The molecule has 0 aliphatic heterocycles. The van der Waals surface area contributed by atoms with Crippen LogP contribution in [0.5, 0.6) is 0 Å². The van der Waals surface area contributed by atoms with Crippen LogP contribution in [0, 0.1) is 0 Å². The van der Waals surface area contributed by atoms with E-state index in [0.29, 0.717) is 0 Å². The van der Waals surface area contributed by atoms with E-state index in [4.69, 9.17) is 0 Å². The van der Waals surface area contributed by atoms with Crippen LogP contribution < -0.4 is 0 Å². The average Bonchev–Trinajstić information content (AvgIpc) is 2.86. The zero-order valence-electron chi connectivity index (χ0n) is 10.5. The lowest BCUT2D eigenvalue weighted by Crippen LogP contribution is -2.02. The molecule has 0 N–H and O–H groups in total. The molecular formula is C15H15NOS. The second-order valence-corrected chi connectivity index (χ2v) is 5.26. The molecule has 2 rings (SSSR count). The zero-order valence-corrected chi connectivity index (χ0v) is 11.3. The second-order valence-electron chi connectivity index (χ2n) is 4.17. The van der Waals surface area contributed by atoms with Gasteiger partial charge < -0.3 is 4.90 Å². The summed E-state index contributed by atoms with van der Waals surface area (Å²) in [6.45, 7) is 0. The monoisotopic (exact) mass is 257 g/mol. The highest BCUT2D eigenvalue weighted by molar-refractivity contribution is 7.17. The fourth-order valence-corrected chi connectivity index (χ4v) is 2.46. The van der Waals surface area contributed by atoms with Gasteiger partial charge in [0.2, 0.25) is 0 Å². The van der Waals surface area contributed by atoms with Gasteiger partial charge in [-0.15, -0.1) is 11.3 Å². The third-order valence-corrected chi connectivity index (χ3v) is 3.58. The van der Waals surface area contributed by atoms with Crippen LogP contribution in [0.2, 0.25) is 0 Å². The van der Waals surface area contributed by atoms with Crippen molar-refractivity contribution in [2.24, 2.45) is 0 Å². The first-order valence-corrected chi connectivity index (χ1v) is 6.52. The minimum Gasteiger partial charge on any atom is -0.383 e. The summed E-state index contributed by atoms with van der Waals surface area (Å²) in [6.07, 6.45) is 3.37. The van der Waals surface area contributed by atoms with Gasteiger partial charge in [0.1, 0.15) is 0 Å². The molecule has 0 unspecified atom stereocenters. The Labute approximate surface area is 111 Å². The van der Waals surface area contributed by atoms with Crippen molar-refractivity contribution >= 4 is 17.1 Å². The molecule has 1 heterocycles. The largest absolute Gasteiger partial charge is 0.383 e. The van der Waals surface area contributed by atoms with Gasteiger partial charge in [-0.25, -0.2) is 0 Å². The van der Waals surface area contributed by atoms with Crippen molar-refractivity contribution in [3.8, 4) is 10.4 Å². The molecule has 2 aromatic rings. The Morgan fingerprint density at radius 2 is 1.83 bits per heavy atom. The predicted molar refractivity (Wildman–Crippen MR) is 76.9 cm³/mol. The van der Waals surface area contributed by atoms with Crippen molar-refractivity contribution in [3.63, 3.8) is 0 Å². The third-order valence-electron chi connectivity index (χ3n) is 2.43. The van der Waals surface area contributed by atoms with Crippen LogP contribution in [-0.4, -0.2) is 24.8 Å². The predicted octanol–water partition coefficient (Wildman–Crippen LogP) is 3.67. The lowest BCUT2D eigenvalue weighted by atomic mass is 10.2. The normalized spacial score (nSPS) is 10.8. The number of hydrogen-bond donors (Lipinski definition) is 0. The summed E-state index contributed by atoms with van der Waals surface area (Å²) in [4.78, 5) is 15.6. The van der Waals surface area contributed by atoms with Crippen LogP contribution >= 0.6 is 11.3 Å². The molecule has 2 nitrogen and oxygen atoms in total. The molecule has 0 spiro atoms. The van der Waals surface area contributed by atoms with Gasteiger partial charge in [0.15, 0.2) is 5.78 Å². The molecule has 92 valence electrons. The Hall–Kier alpha value is -1.87. The number of rotatable bonds is 4. The van der Waals surface area contributed by atoms with E-state index in [0.717, 1.165) is 15.3 Å². The molecule has 0 fully saturated rings. The molecule has 0 amide bonds. The minimum atomic E-state index is 0.0517. The Balaban J connectivity index is 2.19. The molecule has 0 atom stereocenters. The van der Waals surface area contributed by atoms with Crippen molar-refractivity contribution in [1.82, 2.24) is 4.90 Å². The van der Waals surface area contributed by atoms with Crippen LogP contribution in [0.3, 0.4) is 0 Å². The summed E-state index contributed by atoms with van der Waals surface area (Å²) >= 11 is 1.53. The summed E-state index contributed by atoms with van der Waals surface area (Å²) in [6, 6.07) is 14.0. The van der Waals surface area contributed by atoms with Crippen molar-refractivity contribution in [2.75, 3.05) is 14.1 Å². The smallest absolute Gasteiger partial charge is 0.197 e. The maximum atomic E-state index is 11.9. The maximum absolute atomic E-state index is 11.9. The fraction of sp³-hybridized carbons (Fsp3) is 0.133. The number of carbonyl (C=O) groups excluding carboxylic acids is 1. The molecule has 0 aliphatic carbocycles. The summed E-state index contributed by atoms with van der Waals surface area (Å²) < 4.78 is 0. The van der Waals surface area contributed by atoms with E-state index in [1.54, 1.807) is 12.3 Å². The van der Waals surface area contributed by atoms with Crippen molar-refractivity contribution in [2.45, 2.75) is 0 Å². The molecule has 0 bridgehead atoms. The van der Waals surface area contributed by atoms with Crippen LogP contribution in [0.25, 0.3) is 10.4 Å². The number of nitrogens with zero attached hydrogens (tertiary/aromatic N) is 1. The van der Waals surface area contributed by atoms with Crippen LogP contribution in [-0.2, 0) is 0 Å². The molecule has 3 heteroatoms. The van der Waals surface area contributed by atoms with E-state index in [9.17, 15) is 4.79 Å². The van der Waals surface area contributed by atoms with Gasteiger partial charge in [-0.05, 0) is 17.7 Å². The minimum absolute atomic E-state index is 0.0517. The van der Waals surface area contributed by atoms with Gasteiger partial charge in [-0.2, -0.15) is 0 Å². The molecule has 0 radical (unpaired) electrons. The third kappa shape index (κ3) is 3.08. The summed E-state index contributed by atoms with van der Waals surface area (Å²) in [7, 11) is 3.79. The number of benzene rings is 1. The first-order valence-electron chi connectivity index (χ1n) is 5.71.